The van der Waals surface area contributed by atoms with Crippen LogP contribution in [0.5, 0.6) is 0 Å². The van der Waals surface area contributed by atoms with Crippen molar-refractivity contribution in [3.05, 3.63) is 46.6 Å². The quantitative estimate of drug-likeness (QED) is 0.738. The third-order valence-electron chi connectivity index (χ3n) is 4.38. The minimum absolute atomic E-state index is 0.202. The Morgan fingerprint density at radius 3 is 2.57 bits per heavy atom. The molecule has 28 heavy (non-hydrogen) atoms. The van der Waals surface area contributed by atoms with Gasteiger partial charge in [0.1, 0.15) is 0 Å². The number of nitrogens with zero attached hydrogens (tertiary/aromatic N) is 4. The molecule has 2 aromatic rings. The molecular formula is C17H19ClF3N5OS. The van der Waals surface area contributed by atoms with Crippen LogP contribution in [0.1, 0.15) is 11.1 Å². The molecule has 1 aliphatic heterocycles. The van der Waals surface area contributed by atoms with Crippen LogP contribution >= 0.6 is 23.5 Å². The molecule has 152 valence electrons. The smallest absolute Gasteiger partial charge is 0.320 e. The predicted octanol–water partition coefficient (Wildman–Crippen LogP) is 4.03. The molecule has 0 saturated carbocycles. The standard InChI is InChI=1S/C17H19ClF3N5OS/c1-28-23-15-4-5-26(22-15)16(27)25-8-6-24(7-9-25)11-12-2-3-13(14(18)10-12)17(19,20)21/h2-5,10H,6-9,11H2,1H3,(H,22,23). The van der Waals surface area contributed by atoms with Crippen molar-refractivity contribution in [3.63, 3.8) is 0 Å². The minimum atomic E-state index is -4.46. The fourth-order valence-electron chi connectivity index (χ4n) is 2.98. The third-order valence-corrected chi connectivity index (χ3v) is 5.11. The molecule has 0 spiro atoms. The van der Waals surface area contributed by atoms with Gasteiger partial charge in [0.05, 0.1) is 10.6 Å². The van der Waals surface area contributed by atoms with Crippen LogP contribution in [0.2, 0.25) is 5.02 Å². The SMILES string of the molecule is CSNc1ccn(C(=O)N2CCN(Cc3ccc(C(F)(F)F)c(Cl)c3)CC2)n1. The highest BCUT2D eigenvalue weighted by Crippen LogP contribution is 2.35. The van der Waals surface area contributed by atoms with Gasteiger partial charge in [-0.25, -0.2) is 4.79 Å². The molecule has 1 aromatic heterocycles. The van der Waals surface area contributed by atoms with Crippen LogP contribution in [-0.4, -0.2) is 58.0 Å². The summed E-state index contributed by atoms with van der Waals surface area (Å²) in [5.74, 6) is 0.610. The van der Waals surface area contributed by atoms with Gasteiger partial charge in [0.15, 0.2) is 5.82 Å². The Balaban J connectivity index is 1.55. The fourth-order valence-corrected chi connectivity index (χ4v) is 3.60. The second-order valence-corrected chi connectivity index (χ2v) is 7.33. The largest absolute Gasteiger partial charge is 0.417 e. The van der Waals surface area contributed by atoms with E-state index in [1.807, 2.05) is 6.26 Å². The third kappa shape index (κ3) is 4.92. The summed E-state index contributed by atoms with van der Waals surface area (Å²) >= 11 is 7.17. The van der Waals surface area contributed by atoms with E-state index in [4.69, 9.17) is 11.6 Å². The first-order valence-electron chi connectivity index (χ1n) is 8.50. The minimum Gasteiger partial charge on any atom is -0.320 e. The van der Waals surface area contributed by atoms with Crippen LogP contribution in [0.3, 0.4) is 0 Å². The van der Waals surface area contributed by atoms with Crippen LogP contribution in [-0.2, 0) is 12.7 Å². The lowest BCUT2D eigenvalue weighted by molar-refractivity contribution is -0.137. The van der Waals surface area contributed by atoms with Gasteiger partial charge in [-0.05, 0) is 17.7 Å². The maximum absolute atomic E-state index is 12.8. The molecule has 1 saturated heterocycles. The highest BCUT2D eigenvalue weighted by atomic mass is 35.5. The van der Waals surface area contributed by atoms with Crippen LogP contribution < -0.4 is 4.72 Å². The summed E-state index contributed by atoms with van der Waals surface area (Å²) < 4.78 is 42.7. The van der Waals surface area contributed by atoms with Gasteiger partial charge in [-0.3, -0.25) is 4.90 Å². The molecule has 1 aliphatic rings. The van der Waals surface area contributed by atoms with E-state index in [-0.39, 0.29) is 11.1 Å². The average molecular weight is 434 g/mol. The zero-order chi connectivity index (χ0) is 20.3. The van der Waals surface area contributed by atoms with Crippen molar-refractivity contribution < 1.29 is 18.0 Å². The van der Waals surface area contributed by atoms with E-state index in [1.165, 1.54) is 28.8 Å². The second-order valence-electron chi connectivity index (χ2n) is 6.31. The number of nitrogens with one attached hydrogen (secondary N) is 1. The molecule has 1 N–H and O–H groups in total. The van der Waals surface area contributed by atoms with Crippen LogP contribution in [0.15, 0.2) is 30.5 Å². The van der Waals surface area contributed by atoms with E-state index in [2.05, 4.69) is 14.7 Å². The van der Waals surface area contributed by atoms with E-state index in [0.29, 0.717) is 44.1 Å². The summed E-state index contributed by atoms with van der Waals surface area (Å²) in [6.07, 6.45) is -0.985. The second kappa shape index (κ2) is 8.62. The summed E-state index contributed by atoms with van der Waals surface area (Å²) in [6, 6.07) is 5.32. The lowest BCUT2D eigenvalue weighted by Gasteiger charge is -2.34. The van der Waals surface area contributed by atoms with Gasteiger partial charge < -0.3 is 9.62 Å². The molecule has 2 heterocycles. The molecule has 6 nitrogen and oxygen atoms in total. The van der Waals surface area contributed by atoms with E-state index in [9.17, 15) is 18.0 Å². The Bertz CT molecular complexity index is 836. The molecule has 0 unspecified atom stereocenters. The number of halogens is 4. The normalized spacial score (nSPS) is 15.7. The summed E-state index contributed by atoms with van der Waals surface area (Å²) in [5, 5.41) is 3.87. The monoisotopic (exact) mass is 433 g/mol. The number of benzene rings is 1. The Labute approximate surface area is 169 Å². The molecule has 0 bridgehead atoms. The van der Waals surface area contributed by atoms with Gasteiger partial charge in [-0.15, -0.1) is 5.10 Å². The van der Waals surface area contributed by atoms with Crippen molar-refractivity contribution in [1.29, 1.82) is 0 Å². The Morgan fingerprint density at radius 2 is 1.96 bits per heavy atom. The van der Waals surface area contributed by atoms with Gasteiger partial charge in [0.25, 0.3) is 0 Å². The molecule has 0 atom stereocenters. The maximum atomic E-state index is 12.8. The van der Waals surface area contributed by atoms with Gasteiger partial charge in [-0.1, -0.05) is 29.6 Å². The van der Waals surface area contributed by atoms with Crippen molar-refractivity contribution in [1.82, 2.24) is 19.6 Å². The fraction of sp³-hybridized carbons (Fsp3) is 0.412. The number of anilines is 1. The zero-order valence-electron chi connectivity index (χ0n) is 15.0. The number of piperazine rings is 1. The van der Waals surface area contributed by atoms with E-state index < -0.39 is 11.7 Å². The Morgan fingerprint density at radius 1 is 1.25 bits per heavy atom. The molecule has 11 heteroatoms. The highest BCUT2D eigenvalue weighted by Gasteiger charge is 2.33. The summed E-state index contributed by atoms with van der Waals surface area (Å²) in [4.78, 5) is 16.3. The number of amides is 1. The summed E-state index contributed by atoms with van der Waals surface area (Å²) in [6.45, 7) is 2.73. The van der Waals surface area contributed by atoms with Crippen LogP contribution in [0.25, 0.3) is 0 Å². The highest BCUT2D eigenvalue weighted by molar-refractivity contribution is 7.99. The van der Waals surface area contributed by atoms with Crippen molar-refractivity contribution in [2.75, 3.05) is 37.2 Å². The van der Waals surface area contributed by atoms with Crippen molar-refractivity contribution in [2.24, 2.45) is 0 Å². The zero-order valence-corrected chi connectivity index (χ0v) is 16.6. The molecule has 1 amide bonds. The Kier molecular flexibility index (Phi) is 6.41. The van der Waals surface area contributed by atoms with Gasteiger partial charge >= 0.3 is 12.2 Å². The first-order chi connectivity index (χ1) is 13.3. The van der Waals surface area contributed by atoms with Crippen LogP contribution in [0.4, 0.5) is 23.8 Å². The molecule has 0 radical (unpaired) electrons. The summed E-state index contributed by atoms with van der Waals surface area (Å²) in [7, 11) is 0. The van der Waals surface area contributed by atoms with Crippen molar-refractivity contribution >= 4 is 35.4 Å². The lowest BCUT2D eigenvalue weighted by Crippen LogP contribution is -2.49. The maximum Gasteiger partial charge on any atom is 0.417 e. The molecule has 1 fully saturated rings. The predicted molar refractivity (Wildman–Crippen MR) is 103 cm³/mol. The number of carbonyl (C=O) groups excluding carboxylic acids is 1. The van der Waals surface area contributed by atoms with Crippen LogP contribution in [0, 0.1) is 0 Å². The first-order valence-corrected chi connectivity index (χ1v) is 10.1. The number of rotatable bonds is 4. The molecule has 1 aromatic carbocycles. The topological polar surface area (TPSA) is 53.4 Å². The first kappa shape index (κ1) is 20.8. The van der Waals surface area contributed by atoms with Gasteiger partial charge in [-0.2, -0.15) is 17.9 Å². The number of hydrogen-bond acceptors (Lipinski definition) is 5. The molecule has 3 rings (SSSR count). The van der Waals surface area contributed by atoms with E-state index in [0.717, 1.165) is 6.07 Å². The average Bonchev–Trinajstić information content (AvgIpc) is 3.10. The molecule has 0 aliphatic carbocycles. The molecular weight excluding hydrogens is 415 g/mol. The number of alkyl halides is 3. The van der Waals surface area contributed by atoms with Crippen molar-refractivity contribution in [2.45, 2.75) is 12.7 Å². The summed E-state index contributed by atoms with van der Waals surface area (Å²) in [5.41, 5.74) is -0.125. The Hall–Kier alpha value is -1.91. The number of hydrogen-bond donors (Lipinski definition) is 1. The van der Waals surface area contributed by atoms with Gasteiger partial charge in [0, 0.05) is 51.2 Å². The van der Waals surface area contributed by atoms with E-state index in [1.54, 1.807) is 17.2 Å². The number of aromatic nitrogens is 2. The van der Waals surface area contributed by atoms with Crippen molar-refractivity contribution in [3.8, 4) is 0 Å². The van der Waals surface area contributed by atoms with E-state index >= 15 is 0 Å². The lowest BCUT2D eigenvalue weighted by atomic mass is 10.1. The number of carbonyl (C=O) groups is 1. The van der Waals surface area contributed by atoms with Gasteiger partial charge in [0.2, 0.25) is 0 Å².